The molecule has 0 unspecified atom stereocenters. The fraction of sp³-hybridized carbons (Fsp3) is 0.333. The second-order valence-electron chi connectivity index (χ2n) is 3.17. The zero-order valence-electron chi connectivity index (χ0n) is 9.34. The van der Waals surface area contributed by atoms with Crippen molar-refractivity contribution in [2.24, 2.45) is 0 Å². The number of nitrogens with one attached hydrogen (secondary N) is 2. The lowest BCUT2D eigenvalue weighted by atomic mass is 10.4. The predicted molar refractivity (Wildman–Crippen MR) is 80.5 cm³/mol. The molecule has 0 bridgehead atoms. The molecule has 2 N–H and O–H groups in total. The van der Waals surface area contributed by atoms with Crippen molar-refractivity contribution in [1.82, 2.24) is 10.0 Å². The van der Waals surface area contributed by atoms with Crippen LogP contribution < -0.4 is 10.0 Å². The molecule has 18 heavy (non-hydrogen) atoms. The predicted octanol–water partition coefficient (Wildman–Crippen LogP) is 2.68. The molecule has 0 amide bonds. The van der Waals surface area contributed by atoms with Crippen molar-refractivity contribution in [3.05, 3.63) is 26.7 Å². The first-order valence-electron chi connectivity index (χ1n) is 4.68. The van der Waals surface area contributed by atoms with Crippen molar-refractivity contribution in [3.63, 3.8) is 0 Å². The molecule has 0 fully saturated rings. The Morgan fingerprint density at radius 1 is 1.22 bits per heavy atom. The molecule has 9 heteroatoms. The van der Waals surface area contributed by atoms with Crippen molar-refractivity contribution >= 4 is 61.6 Å². The molecule has 0 saturated carbocycles. The zero-order chi connectivity index (χ0) is 13.1. The van der Waals surface area contributed by atoms with Crippen LogP contribution in [0.3, 0.4) is 0 Å². The van der Waals surface area contributed by atoms with Gasteiger partial charge in [-0.2, -0.15) is 0 Å². The Labute approximate surface area is 131 Å². The largest absolute Gasteiger partial charge is 0.318 e. The molecule has 0 spiro atoms. The maximum absolute atomic E-state index is 11.9. The zero-order valence-corrected chi connectivity index (χ0v) is 14.1. The van der Waals surface area contributed by atoms with Crippen LogP contribution >= 0.6 is 51.5 Å². The van der Waals surface area contributed by atoms with Gasteiger partial charge in [-0.05, 0) is 35.1 Å². The third-order valence-corrected chi connectivity index (χ3v) is 5.34. The summed E-state index contributed by atoms with van der Waals surface area (Å²) < 4.78 is 26.8. The third-order valence-electron chi connectivity index (χ3n) is 1.96. The minimum atomic E-state index is -3.63. The highest BCUT2D eigenvalue weighted by Gasteiger charge is 2.20. The Balaban J connectivity index is 0.00000289. The highest BCUT2D eigenvalue weighted by Crippen LogP contribution is 2.34. The second kappa shape index (κ2) is 7.89. The molecule has 1 rings (SSSR count). The number of likely N-dealkylation sites (N-methyl/N-ethyl adjacent to an activating group) is 1. The lowest BCUT2D eigenvalue weighted by molar-refractivity contribution is 0.579. The van der Waals surface area contributed by atoms with Crippen LogP contribution in [0, 0.1) is 0 Å². The van der Waals surface area contributed by atoms with Gasteiger partial charge in [0, 0.05) is 17.6 Å². The SMILES string of the molecule is CNCCNS(=O)(=O)c1ccc(Br)c(Cl)c1Cl.Cl. The Morgan fingerprint density at radius 3 is 2.39 bits per heavy atom. The van der Waals surface area contributed by atoms with Crippen molar-refractivity contribution in [3.8, 4) is 0 Å². The number of hydrogen-bond acceptors (Lipinski definition) is 3. The van der Waals surface area contributed by atoms with Crippen LogP contribution in [0.2, 0.25) is 10.0 Å². The third kappa shape index (κ3) is 4.52. The minimum absolute atomic E-state index is 0. The molecule has 1 aromatic rings. The molecule has 0 aliphatic rings. The Bertz CT molecular complexity index is 511. The number of halogens is 4. The maximum Gasteiger partial charge on any atom is 0.242 e. The highest BCUT2D eigenvalue weighted by atomic mass is 79.9. The summed E-state index contributed by atoms with van der Waals surface area (Å²) in [6.07, 6.45) is 0. The molecule has 0 aliphatic carbocycles. The van der Waals surface area contributed by atoms with Crippen molar-refractivity contribution in [1.29, 1.82) is 0 Å². The standard InChI is InChI=1S/C9H11BrCl2N2O2S.ClH/c1-13-4-5-14-17(15,16)7-3-2-6(10)8(11)9(7)12;/h2-3,13-14H,4-5H2,1H3;1H. The average Bonchev–Trinajstić information content (AvgIpc) is 2.26. The van der Waals surface area contributed by atoms with Crippen LogP contribution in [-0.4, -0.2) is 28.6 Å². The van der Waals surface area contributed by atoms with E-state index >= 15 is 0 Å². The van der Waals surface area contributed by atoms with E-state index in [1.165, 1.54) is 6.07 Å². The Hall–Kier alpha value is 0.440. The van der Waals surface area contributed by atoms with Crippen LogP contribution in [0.1, 0.15) is 0 Å². The summed E-state index contributed by atoms with van der Waals surface area (Å²) in [5, 5.41) is 3.03. The van der Waals surface area contributed by atoms with Gasteiger partial charge in [0.05, 0.1) is 10.0 Å². The van der Waals surface area contributed by atoms with Gasteiger partial charge in [-0.15, -0.1) is 12.4 Å². The summed E-state index contributed by atoms with van der Waals surface area (Å²) in [5.74, 6) is 0. The van der Waals surface area contributed by atoms with Gasteiger partial charge in [-0.25, -0.2) is 13.1 Å². The van der Waals surface area contributed by atoms with Gasteiger partial charge in [0.25, 0.3) is 0 Å². The van der Waals surface area contributed by atoms with Gasteiger partial charge in [0.15, 0.2) is 0 Å². The molecule has 104 valence electrons. The number of hydrogen-bond donors (Lipinski definition) is 2. The molecular formula is C9H12BrCl3N2O2S. The van der Waals surface area contributed by atoms with Crippen molar-refractivity contribution in [2.45, 2.75) is 4.90 Å². The fourth-order valence-electron chi connectivity index (χ4n) is 1.10. The highest BCUT2D eigenvalue weighted by molar-refractivity contribution is 9.10. The summed E-state index contributed by atoms with van der Waals surface area (Å²) in [7, 11) is -1.90. The fourth-order valence-corrected chi connectivity index (χ4v) is 3.35. The maximum atomic E-state index is 11.9. The summed E-state index contributed by atoms with van der Waals surface area (Å²) in [6, 6.07) is 2.95. The number of benzene rings is 1. The van der Waals surface area contributed by atoms with Gasteiger partial charge < -0.3 is 5.32 Å². The van der Waals surface area contributed by atoms with Crippen LogP contribution in [0.5, 0.6) is 0 Å². The number of sulfonamides is 1. The molecule has 0 saturated heterocycles. The smallest absolute Gasteiger partial charge is 0.242 e. The number of rotatable bonds is 5. The summed E-state index contributed by atoms with van der Waals surface area (Å²) >= 11 is 14.9. The van der Waals surface area contributed by atoms with Gasteiger partial charge in [-0.1, -0.05) is 23.2 Å². The quantitative estimate of drug-likeness (QED) is 0.592. The lowest BCUT2D eigenvalue weighted by Crippen LogP contribution is -2.30. The normalized spacial score (nSPS) is 11.1. The summed E-state index contributed by atoms with van der Waals surface area (Å²) in [5.41, 5.74) is 0. The van der Waals surface area contributed by atoms with E-state index in [2.05, 4.69) is 26.0 Å². The van der Waals surface area contributed by atoms with Crippen molar-refractivity contribution < 1.29 is 8.42 Å². The molecule has 0 heterocycles. The van der Waals surface area contributed by atoms with Gasteiger partial charge in [0.2, 0.25) is 10.0 Å². The second-order valence-corrected chi connectivity index (χ2v) is 6.52. The van der Waals surface area contributed by atoms with E-state index in [4.69, 9.17) is 23.2 Å². The Kier molecular flexibility index (Phi) is 8.08. The summed E-state index contributed by atoms with van der Waals surface area (Å²) in [6.45, 7) is 0.809. The molecule has 0 atom stereocenters. The van der Waals surface area contributed by atoms with E-state index < -0.39 is 10.0 Å². The molecule has 4 nitrogen and oxygen atoms in total. The Morgan fingerprint density at radius 2 is 1.83 bits per heavy atom. The van der Waals surface area contributed by atoms with Gasteiger partial charge in [0.1, 0.15) is 4.90 Å². The lowest BCUT2D eigenvalue weighted by Gasteiger charge is -2.09. The molecule has 0 aromatic heterocycles. The average molecular weight is 399 g/mol. The van der Waals surface area contributed by atoms with Crippen LogP contribution in [0.4, 0.5) is 0 Å². The first kappa shape index (κ1) is 18.4. The van der Waals surface area contributed by atoms with Crippen LogP contribution in [-0.2, 0) is 10.0 Å². The first-order valence-corrected chi connectivity index (χ1v) is 7.71. The van der Waals surface area contributed by atoms with E-state index in [0.717, 1.165) is 0 Å². The monoisotopic (exact) mass is 396 g/mol. The molecule has 0 aliphatic heterocycles. The molecule has 1 aromatic carbocycles. The van der Waals surface area contributed by atoms with E-state index in [9.17, 15) is 8.42 Å². The van der Waals surface area contributed by atoms with E-state index in [0.29, 0.717) is 11.0 Å². The van der Waals surface area contributed by atoms with Crippen molar-refractivity contribution in [2.75, 3.05) is 20.1 Å². The summed E-state index contributed by atoms with van der Waals surface area (Å²) in [4.78, 5) is -0.0246. The van der Waals surface area contributed by atoms with E-state index in [-0.39, 0.29) is 33.9 Å². The van der Waals surface area contributed by atoms with Crippen LogP contribution in [0.15, 0.2) is 21.5 Å². The molecular weight excluding hydrogens is 386 g/mol. The van der Waals surface area contributed by atoms with E-state index in [1.54, 1.807) is 13.1 Å². The van der Waals surface area contributed by atoms with E-state index in [1.807, 2.05) is 0 Å². The molecule has 0 radical (unpaired) electrons. The topological polar surface area (TPSA) is 58.2 Å². The first-order chi connectivity index (χ1) is 7.90. The van der Waals surface area contributed by atoms with Crippen LogP contribution in [0.25, 0.3) is 0 Å². The minimum Gasteiger partial charge on any atom is -0.318 e. The van der Waals surface area contributed by atoms with Gasteiger partial charge >= 0.3 is 0 Å². The van der Waals surface area contributed by atoms with Gasteiger partial charge in [-0.3, -0.25) is 0 Å².